The van der Waals surface area contributed by atoms with Gasteiger partial charge < -0.3 is 20.9 Å². The second kappa shape index (κ2) is 7.97. The number of hydrogen-bond donors (Lipinski definition) is 3. The maximum atomic E-state index is 14.8. The molecule has 3 aromatic rings. The van der Waals surface area contributed by atoms with Crippen molar-refractivity contribution in [2.45, 2.75) is 19.4 Å². The molecule has 176 valence electrons. The molecule has 5 rings (SSSR count). The van der Waals surface area contributed by atoms with E-state index < -0.39 is 24.4 Å². The van der Waals surface area contributed by atoms with Crippen molar-refractivity contribution in [3.05, 3.63) is 52.1 Å². The number of aromatic nitrogens is 4. The SMILES string of the molecule is [2H]C([2H])([2H])NC(=O)c1cnc(NC(=O)C2CC2)cc1Nc1cc(F)cc2c1N(C)Cc1nn(C)c(=O)n1-2. The number of carbonyl (C=O) groups excluding carboxylic acids is 2. The van der Waals surface area contributed by atoms with Crippen molar-refractivity contribution in [2.75, 3.05) is 29.6 Å². The van der Waals surface area contributed by atoms with Gasteiger partial charge in [0.25, 0.3) is 5.91 Å². The van der Waals surface area contributed by atoms with Crippen molar-refractivity contribution in [2.24, 2.45) is 13.0 Å². The number of anilines is 4. The van der Waals surface area contributed by atoms with Gasteiger partial charge in [0.15, 0.2) is 5.82 Å². The van der Waals surface area contributed by atoms with Gasteiger partial charge in [-0.05, 0) is 18.9 Å². The minimum absolute atomic E-state index is 0.0772. The Kier molecular flexibility index (Phi) is 4.28. The van der Waals surface area contributed by atoms with Crippen LogP contribution >= 0.6 is 0 Å². The Balaban J connectivity index is 1.60. The molecule has 1 saturated carbocycles. The summed E-state index contributed by atoms with van der Waals surface area (Å²) in [5, 5.41) is 11.8. The lowest BCUT2D eigenvalue weighted by Gasteiger charge is -2.30. The van der Waals surface area contributed by atoms with Crippen molar-refractivity contribution in [3.63, 3.8) is 0 Å². The number of rotatable bonds is 5. The second-order valence-corrected chi connectivity index (χ2v) is 8.29. The fourth-order valence-corrected chi connectivity index (χ4v) is 4.00. The third kappa shape index (κ3) is 3.66. The van der Waals surface area contributed by atoms with E-state index in [-0.39, 0.29) is 46.8 Å². The van der Waals surface area contributed by atoms with Gasteiger partial charge in [0, 0.05) is 49.4 Å². The number of carbonyl (C=O) groups is 2. The lowest BCUT2D eigenvalue weighted by Crippen LogP contribution is -2.31. The largest absolute Gasteiger partial charge is 0.364 e. The van der Waals surface area contributed by atoms with E-state index in [9.17, 15) is 18.8 Å². The average Bonchev–Trinajstić information content (AvgIpc) is 3.59. The van der Waals surface area contributed by atoms with Crippen LogP contribution in [0.5, 0.6) is 0 Å². The molecule has 0 unspecified atom stereocenters. The molecule has 1 aromatic carbocycles. The smallest absolute Gasteiger partial charge is 0.350 e. The van der Waals surface area contributed by atoms with Crippen LogP contribution < -0.4 is 26.5 Å². The predicted molar refractivity (Wildman–Crippen MR) is 123 cm³/mol. The first-order chi connectivity index (χ1) is 17.4. The van der Waals surface area contributed by atoms with E-state index in [0.717, 1.165) is 23.7 Å². The van der Waals surface area contributed by atoms with E-state index in [1.807, 2.05) is 5.32 Å². The van der Waals surface area contributed by atoms with E-state index in [0.29, 0.717) is 11.5 Å². The molecule has 3 heterocycles. The summed E-state index contributed by atoms with van der Waals surface area (Å²) < 4.78 is 39.4. The van der Waals surface area contributed by atoms with Crippen LogP contribution in [0.25, 0.3) is 5.69 Å². The van der Waals surface area contributed by atoms with Gasteiger partial charge in [0.05, 0.1) is 34.9 Å². The third-order valence-electron chi connectivity index (χ3n) is 5.78. The number of amides is 2. The number of nitrogens with one attached hydrogen (secondary N) is 3. The van der Waals surface area contributed by atoms with Crippen LogP contribution in [0.15, 0.2) is 29.2 Å². The fourth-order valence-electron chi connectivity index (χ4n) is 4.00. The monoisotopic (exact) mass is 469 g/mol. The quantitative estimate of drug-likeness (QED) is 0.517. The summed E-state index contributed by atoms with van der Waals surface area (Å²) in [6.07, 6.45) is 2.67. The molecule has 1 aliphatic carbocycles. The van der Waals surface area contributed by atoms with Crippen LogP contribution in [0.4, 0.5) is 27.3 Å². The summed E-state index contributed by atoms with van der Waals surface area (Å²) in [5.41, 5.74) is 0.380. The highest BCUT2D eigenvalue weighted by Gasteiger charge is 2.31. The molecular formula is C22H23FN8O3. The Bertz CT molecular complexity index is 1500. The molecule has 2 amide bonds. The molecule has 2 aromatic heterocycles. The molecule has 0 radical (unpaired) electrons. The standard InChI is InChI=1S/C22H23FN8O3/c1-24-21(33)13-9-25-17(27-20(32)11-4-5-11)8-14(13)26-15-6-12(23)7-16-19(15)29(2)10-18-28-30(3)22(34)31(16)18/h6-9,11H,4-5,10H2,1-3H3,(H,24,33)(H2,25,26,27,32)/i1D3. The predicted octanol–water partition coefficient (Wildman–Crippen LogP) is 1.51. The summed E-state index contributed by atoms with van der Waals surface area (Å²) in [5.74, 6) is -1.38. The van der Waals surface area contributed by atoms with Crippen molar-refractivity contribution in [1.29, 1.82) is 0 Å². The summed E-state index contributed by atoms with van der Waals surface area (Å²) in [6, 6.07) is 3.77. The number of benzene rings is 1. The molecule has 1 aliphatic heterocycles. The van der Waals surface area contributed by atoms with E-state index >= 15 is 0 Å². The Hall–Kier alpha value is -4.22. The summed E-state index contributed by atoms with van der Waals surface area (Å²) in [6.45, 7) is -2.52. The average molecular weight is 469 g/mol. The third-order valence-corrected chi connectivity index (χ3v) is 5.78. The first-order valence-electron chi connectivity index (χ1n) is 12.0. The van der Waals surface area contributed by atoms with Crippen molar-refractivity contribution in [3.8, 4) is 5.69 Å². The Morgan fingerprint density at radius 1 is 1.21 bits per heavy atom. The molecule has 2 aliphatic rings. The summed E-state index contributed by atoms with van der Waals surface area (Å²) in [7, 11) is 3.23. The van der Waals surface area contributed by atoms with Crippen molar-refractivity contribution >= 4 is 34.7 Å². The number of pyridine rings is 1. The van der Waals surface area contributed by atoms with Gasteiger partial charge in [0.1, 0.15) is 11.6 Å². The Morgan fingerprint density at radius 3 is 2.74 bits per heavy atom. The zero-order valence-corrected chi connectivity index (χ0v) is 18.3. The van der Waals surface area contributed by atoms with Gasteiger partial charge >= 0.3 is 5.69 Å². The first-order valence-corrected chi connectivity index (χ1v) is 10.5. The lowest BCUT2D eigenvalue weighted by atomic mass is 10.1. The maximum Gasteiger partial charge on any atom is 0.350 e. The highest BCUT2D eigenvalue weighted by molar-refractivity contribution is 6.02. The van der Waals surface area contributed by atoms with Crippen molar-refractivity contribution in [1.82, 2.24) is 24.6 Å². The fraction of sp³-hybridized carbons (Fsp3) is 0.318. The topological polar surface area (TPSA) is 126 Å². The van der Waals surface area contributed by atoms with Gasteiger partial charge in [-0.15, -0.1) is 0 Å². The van der Waals surface area contributed by atoms with Crippen LogP contribution in [0.1, 0.15) is 33.1 Å². The minimum atomic E-state index is -2.76. The van der Waals surface area contributed by atoms with Crippen LogP contribution in [0.2, 0.25) is 0 Å². The van der Waals surface area contributed by atoms with E-state index in [1.165, 1.54) is 29.8 Å². The summed E-state index contributed by atoms with van der Waals surface area (Å²) >= 11 is 0. The highest BCUT2D eigenvalue weighted by Crippen LogP contribution is 2.39. The van der Waals surface area contributed by atoms with Crippen LogP contribution in [-0.4, -0.2) is 45.2 Å². The molecule has 0 saturated heterocycles. The lowest BCUT2D eigenvalue weighted by molar-refractivity contribution is -0.117. The van der Waals surface area contributed by atoms with Crippen LogP contribution in [0.3, 0.4) is 0 Å². The summed E-state index contributed by atoms with van der Waals surface area (Å²) in [4.78, 5) is 43.6. The molecule has 3 N–H and O–H groups in total. The van der Waals surface area contributed by atoms with Gasteiger partial charge in [-0.2, -0.15) is 5.10 Å². The number of fused-ring (bicyclic) bond motifs is 3. The molecule has 11 nitrogen and oxygen atoms in total. The van der Waals surface area contributed by atoms with Gasteiger partial charge in [-0.25, -0.2) is 23.4 Å². The number of aryl methyl sites for hydroxylation is 1. The Morgan fingerprint density at radius 2 is 2.00 bits per heavy atom. The van der Waals surface area contributed by atoms with Crippen LogP contribution in [0, 0.1) is 11.7 Å². The van der Waals surface area contributed by atoms with E-state index in [4.69, 9.17) is 4.11 Å². The van der Waals surface area contributed by atoms with Gasteiger partial charge in [-0.3, -0.25) is 9.59 Å². The first kappa shape index (κ1) is 18.2. The van der Waals surface area contributed by atoms with Gasteiger partial charge in [0.2, 0.25) is 5.91 Å². The molecule has 0 spiro atoms. The minimum Gasteiger partial charge on any atom is -0.364 e. The molecule has 0 atom stereocenters. The maximum absolute atomic E-state index is 14.8. The molecule has 1 fully saturated rings. The molecular weight excluding hydrogens is 443 g/mol. The normalized spacial score (nSPS) is 16.0. The Labute approximate surface area is 197 Å². The van der Waals surface area contributed by atoms with Gasteiger partial charge in [-0.1, -0.05) is 0 Å². The zero-order valence-electron chi connectivity index (χ0n) is 21.3. The zero-order chi connectivity index (χ0) is 26.6. The van der Waals surface area contributed by atoms with E-state index in [1.54, 1.807) is 11.9 Å². The second-order valence-electron chi connectivity index (χ2n) is 8.29. The number of halogens is 1. The van der Waals surface area contributed by atoms with Crippen molar-refractivity contribution < 1.29 is 18.1 Å². The number of nitrogens with zero attached hydrogens (tertiary/aromatic N) is 5. The van der Waals surface area contributed by atoms with Crippen LogP contribution in [-0.2, 0) is 18.4 Å². The molecule has 12 heteroatoms. The number of hydrogen-bond acceptors (Lipinski definition) is 7. The molecule has 0 bridgehead atoms. The highest BCUT2D eigenvalue weighted by atomic mass is 19.1. The van der Waals surface area contributed by atoms with E-state index in [2.05, 4.69) is 20.7 Å². The molecule has 34 heavy (non-hydrogen) atoms.